The SMILES string of the molecule is CCNC(=NCc1ccccc1OCCN(CC)CC)NCCC(F)(F)F.I. The molecule has 0 aliphatic rings. The third kappa shape index (κ3) is 11.6. The van der Waals surface area contributed by atoms with Crippen molar-refractivity contribution < 1.29 is 17.9 Å². The van der Waals surface area contributed by atoms with Crippen molar-refractivity contribution in [1.29, 1.82) is 0 Å². The number of likely N-dealkylation sites (N-methyl/N-ethyl adjacent to an activating group) is 1. The third-order valence-corrected chi connectivity index (χ3v) is 3.98. The zero-order valence-electron chi connectivity index (χ0n) is 16.8. The Balaban J connectivity index is 0.00000729. The lowest BCUT2D eigenvalue weighted by Gasteiger charge is -2.19. The zero-order chi connectivity index (χ0) is 20.1. The van der Waals surface area contributed by atoms with Crippen molar-refractivity contribution in [1.82, 2.24) is 15.5 Å². The third-order valence-electron chi connectivity index (χ3n) is 3.98. The highest BCUT2D eigenvalue weighted by Gasteiger charge is 2.26. The summed E-state index contributed by atoms with van der Waals surface area (Å²) in [5.41, 5.74) is 0.894. The highest BCUT2D eigenvalue weighted by Crippen LogP contribution is 2.19. The fourth-order valence-electron chi connectivity index (χ4n) is 2.43. The molecule has 5 nitrogen and oxygen atoms in total. The summed E-state index contributed by atoms with van der Waals surface area (Å²) >= 11 is 0. The summed E-state index contributed by atoms with van der Waals surface area (Å²) < 4.78 is 42.8. The standard InChI is InChI=1S/C19H31F3N4O.HI/c1-4-23-18(24-12-11-19(20,21)22)25-15-16-9-7-8-10-17(16)27-14-13-26(5-2)6-3;/h7-10H,4-6,11-15H2,1-3H3,(H2,23,24,25);1H. The number of halogens is 4. The van der Waals surface area contributed by atoms with Crippen molar-refractivity contribution in [2.45, 2.75) is 39.9 Å². The highest BCUT2D eigenvalue weighted by atomic mass is 127. The van der Waals surface area contributed by atoms with Gasteiger partial charge < -0.3 is 20.3 Å². The molecule has 0 aromatic heterocycles. The first-order valence-electron chi connectivity index (χ1n) is 9.41. The maximum absolute atomic E-state index is 12.3. The first kappa shape index (κ1) is 26.8. The molecule has 0 amide bonds. The van der Waals surface area contributed by atoms with Gasteiger partial charge in [0, 0.05) is 25.2 Å². The van der Waals surface area contributed by atoms with Gasteiger partial charge in [0.25, 0.3) is 0 Å². The summed E-state index contributed by atoms with van der Waals surface area (Å²) in [6, 6.07) is 7.59. The maximum atomic E-state index is 12.3. The van der Waals surface area contributed by atoms with Gasteiger partial charge in [0.15, 0.2) is 5.96 Å². The molecule has 1 aromatic rings. The van der Waals surface area contributed by atoms with E-state index >= 15 is 0 Å². The number of hydrogen-bond donors (Lipinski definition) is 2. The van der Waals surface area contributed by atoms with Gasteiger partial charge in [-0.05, 0) is 26.1 Å². The van der Waals surface area contributed by atoms with Crippen LogP contribution in [-0.4, -0.2) is 56.4 Å². The van der Waals surface area contributed by atoms with Crippen molar-refractivity contribution in [3.63, 3.8) is 0 Å². The number of nitrogens with zero attached hydrogens (tertiary/aromatic N) is 2. The molecule has 0 heterocycles. The molecule has 0 radical (unpaired) electrons. The number of ether oxygens (including phenoxy) is 1. The number of para-hydroxylation sites is 1. The predicted octanol–water partition coefficient (Wildman–Crippen LogP) is 4.03. The molecule has 0 atom stereocenters. The second-order valence-electron chi connectivity index (χ2n) is 5.97. The molecule has 0 spiro atoms. The molecule has 0 unspecified atom stereocenters. The van der Waals surface area contributed by atoms with Crippen LogP contribution in [0.25, 0.3) is 0 Å². The van der Waals surface area contributed by atoms with Crippen LogP contribution in [-0.2, 0) is 6.54 Å². The Morgan fingerprint density at radius 1 is 1.11 bits per heavy atom. The number of benzene rings is 1. The molecule has 0 aliphatic heterocycles. The van der Waals surface area contributed by atoms with Crippen molar-refractivity contribution in [3.05, 3.63) is 29.8 Å². The lowest BCUT2D eigenvalue weighted by atomic mass is 10.2. The van der Waals surface area contributed by atoms with Gasteiger partial charge in [-0.3, -0.25) is 0 Å². The molecular formula is C19H32F3IN4O. The molecule has 0 saturated heterocycles. The van der Waals surface area contributed by atoms with E-state index in [1.807, 2.05) is 31.2 Å². The molecule has 0 bridgehead atoms. The molecule has 2 N–H and O–H groups in total. The summed E-state index contributed by atoms with van der Waals surface area (Å²) in [5, 5.41) is 5.67. The molecule has 1 aromatic carbocycles. The fraction of sp³-hybridized carbons (Fsp3) is 0.632. The van der Waals surface area contributed by atoms with Crippen molar-refractivity contribution in [2.75, 3.05) is 39.3 Å². The Morgan fingerprint density at radius 3 is 2.39 bits per heavy atom. The topological polar surface area (TPSA) is 48.9 Å². The first-order chi connectivity index (χ1) is 12.9. The molecule has 28 heavy (non-hydrogen) atoms. The smallest absolute Gasteiger partial charge is 0.390 e. The van der Waals surface area contributed by atoms with Crippen LogP contribution in [0.5, 0.6) is 5.75 Å². The fourth-order valence-corrected chi connectivity index (χ4v) is 2.43. The van der Waals surface area contributed by atoms with E-state index in [-0.39, 0.29) is 30.5 Å². The van der Waals surface area contributed by atoms with Gasteiger partial charge in [-0.1, -0.05) is 32.0 Å². The highest BCUT2D eigenvalue weighted by molar-refractivity contribution is 14.0. The van der Waals surface area contributed by atoms with E-state index in [4.69, 9.17) is 4.74 Å². The molecule has 0 saturated carbocycles. The average Bonchev–Trinajstić information content (AvgIpc) is 2.63. The minimum Gasteiger partial charge on any atom is -0.492 e. The number of hydrogen-bond acceptors (Lipinski definition) is 3. The van der Waals surface area contributed by atoms with Gasteiger partial charge >= 0.3 is 6.18 Å². The number of nitrogens with one attached hydrogen (secondary N) is 2. The van der Waals surface area contributed by atoms with E-state index in [0.29, 0.717) is 25.7 Å². The predicted molar refractivity (Wildman–Crippen MR) is 119 cm³/mol. The molecule has 162 valence electrons. The van der Waals surface area contributed by atoms with Crippen LogP contribution >= 0.6 is 24.0 Å². The van der Waals surface area contributed by atoms with Gasteiger partial charge in [-0.25, -0.2) is 4.99 Å². The van der Waals surface area contributed by atoms with Gasteiger partial charge in [0.2, 0.25) is 0 Å². The lowest BCUT2D eigenvalue weighted by molar-refractivity contribution is -0.132. The van der Waals surface area contributed by atoms with E-state index < -0.39 is 12.6 Å². The summed E-state index contributed by atoms with van der Waals surface area (Å²) in [4.78, 5) is 6.65. The quantitative estimate of drug-likeness (QED) is 0.265. The number of alkyl halides is 3. The molecule has 9 heteroatoms. The second kappa shape index (κ2) is 14.7. The van der Waals surface area contributed by atoms with Gasteiger partial charge in [-0.2, -0.15) is 13.2 Å². The number of rotatable bonds is 11. The van der Waals surface area contributed by atoms with Gasteiger partial charge in [-0.15, -0.1) is 24.0 Å². The summed E-state index contributed by atoms with van der Waals surface area (Å²) in [6.45, 7) is 10.1. The van der Waals surface area contributed by atoms with Crippen molar-refractivity contribution in [2.24, 2.45) is 4.99 Å². The Morgan fingerprint density at radius 2 is 1.79 bits per heavy atom. The van der Waals surface area contributed by atoms with Crippen LogP contribution < -0.4 is 15.4 Å². The largest absolute Gasteiger partial charge is 0.492 e. The summed E-state index contributed by atoms with van der Waals surface area (Å²) in [7, 11) is 0. The van der Waals surface area contributed by atoms with Gasteiger partial charge in [0.05, 0.1) is 13.0 Å². The number of aliphatic imine (C=N–C) groups is 1. The monoisotopic (exact) mass is 516 g/mol. The Hall–Kier alpha value is -1.23. The van der Waals surface area contributed by atoms with Crippen LogP contribution in [0.1, 0.15) is 32.8 Å². The Kier molecular flexibility index (Phi) is 14.1. The number of guanidine groups is 1. The van der Waals surface area contributed by atoms with Gasteiger partial charge in [0.1, 0.15) is 12.4 Å². The first-order valence-corrected chi connectivity index (χ1v) is 9.41. The van der Waals surface area contributed by atoms with E-state index in [0.717, 1.165) is 30.9 Å². The van der Waals surface area contributed by atoms with Crippen LogP contribution in [0, 0.1) is 0 Å². The zero-order valence-corrected chi connectivity index (χ0v) is 19.1. The van der Waals surface area contributed by atoms with E-state index in [2.05, 4.69) is 34.4 Å². The summed E-state index contributed by atoms with van der Waals surface area (Å²) in [6.07, 6.45) is -5.09. The summed E-state index contributed by atoms with van der Waals surface area (Å²) in [5.74, 6) is 1.11. The van der Waals surface area contributed by atoms with E-state index in [1.165, 1.54) is 0 Å². The average molecular weight is 516 g/mol. The maximum Gasteiger partial charge on any atom is 0.390 e. The van der Waals surface area contributed by atoms with E-state index in [9.17, 15) is 13.2 Å². The van der Waals surface area contributed by atoms with Crippen molar-refractivity contribution in [3.8, 4) is 5.75 Å². The van der Waals surface area contributed by atoms with Crippen LogP contribution in [0.2, 0.25) is 0 Å². The Bertz CT molecular complexity index is 566. The van der Waals surface area contributed by atoms with Crippen molar-refractivity contribution >= 4 is 29.9 Å². The Labute approximate surface area is 183 Å². The molecule has 1 rings (SSSR count). The lowest BCUT2D eigenvalue weighted by Crippen LogP contribution is -2.38. The minimum absolute atomic E-state index is 0. The van der Waals surface area contributed by atoms with Crippen LogP contribution in [0.15, 0.2) is 29.3 Å². The second-order valence-corrected chi connectivity index (χ2v) is 5.97. The minimum atomic E-state index is -4.18. The van der Waals surface area contributed by atoms with Crippen LogP contribution in [0.4, 0.5) is 13.2 Å². The molecule has 0 fully saturated rings. The van der Waals surface area contributed by atoms with E-state index in [1.54, 1.807) is 0 Å². The van der Waals surface area contributed by atoms with Crippen LogP contribution in [0.3, 0.4) is 0 Å². The normalized spacial score (nSPS) is 11.9. The molecule has 0 aliphatic carbocycles. The molecular weight excluding hydrogens is 484 g/mol.